The van der Waals surface area contributed by atoms with Gasteiger partial charge < -0.3 is 14.7 Å². The van der Waals surface area contributed by atoms with Crippen molar-refractivity contribution in [3.63, 3.8) is 0 Å². The van der Waals surface area contributed by atoms with Crippen LogP contribution in [0.4, 0.5) is 0 Å². The molecular formula is C12H11N3O2. The fraction of sp³-hybridized carbons (Fsp3) is 0.167. The molecule has 0 bridgehead atoms. The van der Waals surface area contributed by atoms with Crippen LogP contribution < -0.4 is 10.9 Å². The highest BCUT2D eigenvalue weighted by atomic mass is 16.3. The van der Waals surface area contributed by atoms with E-state index in [4.69, 9.17) is 4.42 Å². The number of hydrogen-bond donors (Lipinski definition) is 2. The quantitative estimate of drug-likeness (QED) is 0.696. The molecule has 5 heteroatoms. The molecule has 86 valence electrons. The molecule has 3 rings (SSSR count). The third-order valence-corrected chi connectivity index (χ3v) is 2.62. The average molecular weight is 229 g/mol. The third kappa shape index (κ3) is 1.52. The smallest absolute Gasteiger partial charge is 0.294 e. The zero-order valence-electron chi connectivity index (χ0n) is 9.28. The predicted octanol–water partition coefficient (Wildman–Crippen LogP) is 1.39. The molecule has 0 amide bonds. The topological polar surface area (TPSA) is 70.9 Å². The zero-order chi connectivity index (χ0) is 11.8. The summed E-state index contributed by atoms with van der Waals surface area (Å²) in [4.78, 5) is 18.9. The fourth-order valence-corrected chi connectivity index (χ4v) is 1.90. The Morgan fingerprint density at radius 1 is 1.41 bits per heavy atom. The van der Waals surface area contributed by atoms with Crippen LogP contribution in [0.2, 0.25) is 0 Å². The standard InChI is InChI=1S/C12H11N3O2/c1-13-6-9-14-10-7-4-2-3-5-8(7)17-11(10)12(16)15-9/h2-5,13H,6H2,1H3,(H,14,15,16). The maximum absolute atomic E-state index is 11.8. The maximum Gasteiger partial charge on any atom is 0.294 e. The van der Waals surface area contributed by atoms with Gasteiger partial charge in [0, 0.05) is 5.39 Å². The van der Waals surface area contributed by atoms with Crippen molar-refractivity contribution in [1.82, 2.24) is 15.3 Å². The SMILES string of the molecule is CNCc1nc2c(oc3ccccc32)c(=O)[nH]1. The first-order valence-corrected chi connectivity index (χ1v) is 5.34. The summed E-state index contributed by atoms with van der Waals surface area (Å²) in [7, 11) is 1.80. The number of benzene rings is 1. The molecular weight excluding hydrogens is 218 g/mol. The molecule has 3 aromatic rings. The van der Waals surface area contributed by atoms with Crippen molar-refractivity contribution in [2.45, 2.75) is 6.54 Å². The van der Waals surface area contributed by atoms with Crippen LogP contribution in [0.1, 0.15) is 5.82 Å². The second kappa shape index (κ2) is 3.71. The molecule has 2 aromatic heterocycles. The summed E-state index contributed by atoms with van der Waals surface area (Å²) in [6, 6.07) is 7.50. The second-order valence-electron chi connectivity index (χ2n) is 3.82. The van der Waals surface area contributed by atoms with Gasteiger partial charge in [0.2, 0.25) is 5.58 Å². The van der Waals surface area contributed by atoms with E-state index in [-0.39, 0.29) is 11.1 Å². The summed E-state index contributed by atoms with van der Waals surface area (Å²) in [6.07, 6.45) is 0. The van der Waals surface area contributed by atoms with Crippen LogP contribution >= 0.6 is 0 Å². The van der Waals surface area contributed by atoms with Gasteiger partial charge >= 0.3 is 0 Å². The summed E-state index contributed by atoms with van der Waals surface area (Å²) in [6.45, 7) is 0.519. The van der Waals surface area contributed by atoms with Gasteiger partial charge in [-0.25, -0.2) is 4.98 Å². The summed E-state index contributed by atoms with van der Waals surface area (Å²) >= 11 is 0. The van der Waals surface area contributed by atoms with Gasteiger partial charge in [-0.2, -0.15) is 0 Å². The number of nitrogens with one attached hydrogen (secondary N) is 2. The fourth-order valence-electron chi connectivity index (χ4n) is 1.90. The van der Waals surface area contributed by atoms with E-state index in [9.17, 15) is 4.79 Å². The highest BCUT2D eigenvalue weighted by Gasteiger charge is 2.12. The molecule has 0 aliphatic heterocycles. The number of rotatable bonds is 2. The molecule has 5 nitrogen and oxygen atoms in total. The van der Waals surface area contributed by atoms with E-state index < -0.39 is 0 Å². The van der Waals surface area contributed by atoms with E-state index in [1.165, 1.54) is 0 Å². The van der Waals surface area contributed by atoms with Crippen LogP contribution in [0.15, 0.2) is 33.5 Å². The molecule has 2 N–H and O–H groups in total. The zero-order valence-corrected chi connectivity index (χ0v) is 9.28. The number of furan rings is 1. The van der Waals surface area contributed by atoms with E-state index in [1.54, 1.807) is 7.05 Å². The van der Waals surface area contributed by atoms with Crippen molar-refractivity contribution in [1.29, 1.82) is 0 Å². The first-order chi connectivity index (χ1) is 8.29. The molecule has 0 saturated carbocycles. The number of para-hydroxylation sites is 1. The Balaban J connectivity index is 2.42. The minimum atomic E-state index is -0.239. The molecule has 0 saturated heterocycles. The molecule has 0 spiro atoms. The first kappa shape index (κ1) is 10.0. The molecule has 0 fully saturated rings. The van der Waals surface area contributed by atoms with Crippen LogP contribution in [0.5, 0.6) is 0 Å². The van der Waals surface area contributed by atoms with Gasteiger partial charge in [0.15, 0.2) is 0 Å². The second-order valence-corrected chi connectivity index (χ2v) is 3.82. The van der Waals surface area contributed by atoms with Gasteiger partial charge in [0.05, 0.1) is 6.54 Å². The van der Waals surface area contributed by atoms with Gasteiger partial charge in [-0.05, 0) is 19.2 Å². The lowest BCUT2D eigenvalue weighted by molar-refractivity contribution is 0.657. The maximum atomic E-state index is 11.8. The molecule has 0 aliphatic carbocycles. The van der Waals surface area contributed by atoms with Crippen LogP contribution in [0, 0.1) is 0 Å². The van der Waals surface area contributed by atoms with Crippen molar-refractivity contribution in [2.24, 2.45) is 0 Å². The Bertz CT molecular complexity index is 742. The summed E-state index contributed by atoms with van der Waals surface area (Å²) in [5.74, 6) is 0.608. The minimum absolute atomic E-state index is 0.239. The van der Waals surface area contributed by atoms with Gasteiger partial charge in [0.1, 0.15) is 16.9 Å². The van der Waals surface area contributed by atoms with Crippen molar-refractivity contribution in [3.8, 4) is 0 Å². The predicted molar refractivity (Wildman–Crippen MR) is 64.9 cm³/mol. The van der Waals surface area contributed by atoms with Crippen LogP contribution in [-0.2, 0) is 6.54 Å². The summed E-state index contributed by atoms with van der Waals surface area (Å²) in [5, 5.41) is 3.82. The highest BCUT2D eigenvalue weighted by Crippen LogP contribution is 2.24. The lowest BCUT2D eigenvalue weighted by atomic mass is 10.2. The van der Waals surface area contributed by atoms with E-state index in [0.717, 1.165) is 5.39 Å². The monoisotopic (exact) mass is 229 g/mol. The Morgan fingerprint density at radius 3 is 3.06 bits per heavy atom. The first-order valence-electron chi connectivity index (χ1n) is 5.34. The van der Waals surface area contributed by atoms with Gasteiger partial charge in [-0.15, -0.1) is 0 Å². The number of aromatic amines is 1. The molecule has 17 heavy (non-hydrogen) atoms. The molecule has 0 atom stereocenters. The summed E-state index contributed by atoms with van der Waals surface area (Å²) in [5.41, 5.74) is 1.35. The van der Waals surface area contributed by atoms with Crippen molar-refractivity contribution in [3.05, 3.63) is 40.4 Å². The Hall–Kier alpha value is -2.14. The van der Waals surface area contributed by atoms with E-state index in [0.29, 0.717) is 23.5 Å². The summed E-state index contributed by atoms with van der Waals surface area (Å²) < 4.78 is 5.49. The van der Waals surface area contributed by atoms with Gasteiger partial charge in [0.25, 0.3) is 5.56 Å². The lowest BCUT2D eigenvalue weighted by Gasteiger charge is -1.98. The van der Waals surface area contributed by atoms with Crippen molar-refractivity contribution < 1.29 is 4.42 Å². The lowest BCUT2D eigenvalue weighted by Crippen LogP contribution is -2.15. The normalized spacial score (nSPS) is 11.4. The van der Waals surface area contributed by atoms with Gasteiger partial charge in [-0.3, -0.25) is 4.79 Å². The molecule has 0 aliphatic rings. The molecule has 0 radical (unpaired) electrons. The number of H-pyrrole nitrogens is 1. The van der Waals surface area contributed by atoms with Gasteiger partial charge in [-0.1, -0.05) is 12.1 Å². The Kier molecular flexibility index (Phi) is 2.19. The molecule has 2 heterocycles. The molecule has 1 aromatic carbocycles. The Labute approximate surface area is 96.5 Å². The van der Waals surface area contributed by atoms with E-state index in [1.807, 2.05) is 24.3 Å². The Morgan fingerprint density at radius 2 is 2.24 bits per heavy atom. The number of hydrogen-bond acceptors (Lipinski definition) is 4. The largest absolute Gasteiger partial charge is 0.449 e. The number of fused-ring (bicyclic) bond motifs is 3. The van der Waals surface area contributed by atoms with Crippen molar-refractivity contribution >= 4 is 22.1 Å². The number of aromatic nitrogens is 2. The molecule has 0 unspecified atom stereocenters. The highest BCUT2D eigenvalue weighted by molar-refractivity contribution is 6.01. The van der Waals surface area contributed by atoms with Crippen LogP contribution in [0.3, 0.4) is 0 Å². The minimum Gasteiger partial charge on any atom is -0.449 e. The third-order valence-electron chi connectivity index (χ3n) is 2.62. The van der Waals surface area contributed by atoms with E-state index in [2.05, 4.69) is 15.3 Å². The number of nitrogens with zero attached hydrogens (tertiary/aromatic N) is 1. The average Bonchev–Trinajstić information content (AvgIpc) is 2.69. The van der Waals surface area contributed by atoms with E-state index >= 15 is 0 Å². The van der Waals surface area contributed by atoms with Crippen LogP contribution in [0.25, 0.3) is 22.1 Å². The van der Waals surface area contributed by atoms with Crippen molar-refractivity contribution in [2.75, 3.05) is 7.05 Å². The van der Waals surface area contributed by atoms with Crippen LogP contribution in [-0.4, -0.2) is 17.0 Å².